The minimum absolute atomic E-state index is 0.145. The first-order chi connectivity index (χ1) is 9.75. The van der Waals surface area contributed by atoms with E-state index in [1.54, 1.807) is 6.07 Å². The van der Waals surface area contributed by atoms with Gasteiger partial charge in [-0.05, 0) is 17.0 Å². The molecule has 0 saturated heterocycles. The van der Waals surface area contributed by atoms with Gasteiger partial charge in [0, 0.05) is 12.7 Å². The van der Waals surface area contributed by atoms with Crippen molar-refractivity contribution < 1.29 is 4.79 Å². The molecule has 0 unspecified atom stereocenters. The summed E-state index contributed by atoms with van der Waals surface area (Å²) in [6.45, 7) is 0.404. The highest BCUT2D eigenvalue weighted by Gasteiger charge is 2.12. The maximum atomic E-state index is 12.2. The number of benzene rings is 1. The third-order valence-electron chi connectivity index (χ3n) is 3.04. The maximum absolute atomic E-state index is 12.2. The third kappa shape index (κ3) is 2.35. The van der Waals surface area contributed by atoms with E-state index in [1.807, 2.05) is 35.7 Å². The number of hydrogen-bond donors (Lipinski definition) is 2. The molecule has 3 rings (SSSR count). The molecule has 0 radical (unpaired) electrons. The molecule has 0 aliphatic carbocycles. The molecule has 0 fully saturated rings. The molecule has 0 aliphatic rings. The minimum Gasteiger partial charge on any atom is -0.352 e. The lowest BCUT2D eigenvalue weighted by molar-refractivity contribution is 0.0949. The fourth-order valence-corrected chi connectivity index (χ4v) is 2.75. The summed E-state index contributed by atoms with van der Waals surface area (Å²) in [7, 11) is 0. The molecule has 20 heavy (non-hydrogen) atoms. The van der Waals surface area contributed by atoms with Crippen LogP contribution in [-0.2, 0) is 6.54 Å². The molecule has 2 N–H and O–H groups in total. The Morgan fingerprint density at radius 2 is 2.00 bits per heavy atom. The van der Waals surface area contributed by atoms with Crippen LogP contribution in [0.2, 0.25) is 0 Å². The van der Waals surface area contributed by atoms with E-state index >= 15 is 0 Å². The van der Waals surface area contributed by atoms with Gasteiger partial charge in [-0.25, -0.2) is 0 Å². The summed E-state index contributed by atoms with van der Waals surface area (Å²) in [5.41, 5.74) is 0.909. The van der Waals surface area contributed by atoms with Gasteiger partial charge in [0.25, 0.3) is 5.91 Å². The van der Waals surface area contributed by atoms with Gasteiger partial charge in [0.05, 0.1) is 5.39 Å². The van der Waals surface area contributed by atoms with Crippen molar-refractivity contribution in [2.24, 2.45) is 0 Å². The molecule has 100 valence electrons. The van der Waals surface area contributed by atoms with E-state index in [4.69, 9.17) is 0 Å². The number of carbonyl (C=O) groups excluding carboxylic acids is 1. The van der Waals surface area contributed by atoms with Gasteiger partial charge in [0.2, 0.25) is 5.43 Å². The van der Waals surface area contributed by atoms with E-state index in [0.29, 0.717) is 11.9 Å². The van der Waals surface area contributed by atoms with Crippen LogP contribution in [-0.4, -0.2) is 10.9 Å². The van der Waals surface area contributed by atoms with Gasteiger partial charge in [0.15, 0.2) is 0 Å². The molecule has 1 aromatic carbocycles. The Hall–Kier alpha value is -2.40. The van der Waals surface area contributed by atoms with Crippen LogP contribution in [0.25, 0.3) is 10.2 Å². The fraction of sp³-hybridized carbons (Fsp3) is 0.0667. The van der Waals surface area contributed by atoms with E-state index in [0.717, 1.165) is 10.4 Å². The van der Waals surface area contributed by atoms with Crippen LogP contribution in [0, 0.1) is 0 Å². The predicted octanol–water partition coefficient (Wildman–Crippen LogP) is 2.52. The third-order valence-corrected chi connectivity index (χ3v) is 3.89. The molecule has 0 spiro atoms. The van der Waals surface area contributed by atoms with Crippen LogP contribution in [0.1, 0.15) is 15.9 Å². The van der Waals surface area contributed by atoms with Crippen molar-refractivity contribution in [1.29, 1.82) is 0 Å². The summed E-state index contributed by atoms with van der Waals surface area (Å²) in [4.78, 5) is 28.0. The first-order valence-electron chi connectivity index (χ1n) is 6.17. The second kappa shape index (κ2) is 5.30. The van der Waals surface area contributed by atoms with Crippen molar-refractivity contribution in [3.63, 3.8) is 0 Å². The lowest BCUT2D eigenvalue weighted by Gasteiger charge is -2.05. The summed E-state index contributed by atoms with van der Waals surface area (Å²) < 4.78 is 0. The van der Waals surface area contributed by atoms with Crippen molar-refractivity contribution >= 4 is 27.5 Å². The quantitative estimate of drug-likeness (QED) is 0.776. The topological polar surface area (TPSA) is 62.0 Å². The summed E-state index contributed by atoms with van der Waals surface area (Å²) >= 11 is 1.44. The number of hydrogen-bond acceptors (Lipinski definition) is 3. The van der Waals surface area contributed by atoms with Crippen LogP contribution < -0.4 is 10.7 Å². The average molecular weight is 284 g/mol. The van der Waals surface area contributed by atoms with Crippen molar-refractivity contribution in [2.45, 2.75) is 6.54 Å². The minimum atomic E-state index is -0.358. The molecule has 0 saturated carbocycles. The monoisotopic (exact) mass is 284 g/mol. The van der Waals surface area contributed by atoms with Crippen LogP contribution in [0.5, 0.6) is 0 Å². The van der Waals surface area contributed by atoms with E-state index in [9.17, 15) is 9.59 Å². The van der Waals surface area contributed by atoms with Crippen LogP contribution >= 0.6 is 11.3 Å². The largest absolute Gasteiger partial charge is 0.352 e. The molecule has 1 amide bonds. The number of carbonyl (C=O) groups is 1. The number of fused-ring (bicyclic) bond motifs is 1. The Kier molecular flexibility index (Phi) is 3.35. The number of pyridine rings is 1. The molecular weight excluding hydrogens is 272 g/mol. The van der Waals surface area contributed by atoms with Crippen molar-refractivity contribution in [3.8, 4) is 0 Å². The number of H-pyrrole nitrogens is 1. The molecule has 3 aromatic rings. The van der Waals surface area contributed by atoms with Gasteiger partial charge in [-0.15, -0.1) is 11.3 Å². The zero-order valence-corrected chi connectivity index (χ0v) is 11.4. The Balaban J connectivity index is 1.82. The highest BCUT2D eigenvalue weighted by Crippen LogP contribution is 2.14. The molecule has 0 bridgehead atoms. The SMILES string of the molecule is O=C(NCc1ccccc1)c1c[nH]c2sccc2c1=O. The Labute approximate surface area is 119 Å². The van der Waals surface area contributed by atoms with E-state index < -0.39 is 0 Å². The molecule has 0 aliphatic heterocycles. The normalized spacial score (nSPS) is 10.6. The van der Waals surface area contributed by atoms with Crippen molar-refractivity contribution in [2.75, 3.05) is 0 Å². The molecular formula is C15H12N2O2S. The van der Waals surface area contributed by atoms with Crippen molar-refractivity contribution in [1.82, 2.24) is 10.3 Å². The van der Waals surface area contributed by atoms with Crippen LogP contribution in [0.4, 0.5) is 0 Å². The summed E-state index contributed by atoms with van der Waals surface area (Å²) in [5, 5.41) is 5.14. The molecule has 2 aromatic heterocycles. The number of aromatic amines is 1. The number of thiophene rings is 1. The summed E-state index contributed by atoms with van der Waals surface area (Å²) in [6, 6.07) is 11.3. The lowest BCUT2D eigenvalue weighted by atomic mass is 10.2. The van der Waals surface area contributed by atoms with Gasteiger partial charge in [-0.3, -0.25) is 9.59 Å². The summed E-state index contributed by atoms with van der Waals surface area (Å²) in [6.07, 6.45) is 1.47. The first kappa shape index (κ1) is 12.6. The summed E-state index contributed by atoms with van der Waals surface area (Å²) in [5.74, 6) is -0.358. The highest BCUT2D eigenvalue weighted by molar-refractivity contribution is 7.16. The van der Waals surface area contributed by atoms with Gasteiger partial charge >= 0.3 is 0 Å². The van der Waals surface area contributed by atoms with Crippen LogP contribution in [0.15, 0.2) is 52.8 Å². The van der Waals surface area contributed by atoms with Gasteiger partial charge in [-0.1, -0.05) is 30.3 Å². The van der Waals surface area contributed by atoms with Crippen molar-refractivity contribution in [3.05, 3.63) is 69.3 Å². The molecule has 2 heterocycles. The second-order valence-corrected chi connectivity index (χ2v) is 5.28. The zero-order chi connectivity index (χ0) is 13.9. The Morgan fingerprint density at radius 3 is 2.80 bits per heavy atom. The van der Waals surface area contributed by atoms with Gasteiger partial charge in [-0.2, -0.15) is 0 Å². The zero-order valence-electron chi connectivity index (χ0n) is 10.6. The Bertz CT molecular complexity index is 805. The standard InChI is InChI=1S/C15H12N2O2S/c18-13-11-6-7-20-15(11)17-9-12(13)14(19)16-8-10-4-2-1-3-5-10/h1-7,9H,8H2,(H,16,19)(H,17,18). The molecule has 0 atom stereocenters. The fourth-order valence-electron chi connectivity index (χ4n) is 1.99. The Morgan fingerprint density at radius 1 is 1.20 bits per heavy atom. The lowest BCUT2D eigenvalue weighted by Crippen LogP contribution is -2.28. The number of rotatable bonds is 3. The number of nitrogens with one attached hydrogen (secondary N) is 2. The van der Waals surface area contributed by atoms with Crippen LogP contribution in [0.3, 0.4) is 0 Å². The van der Waals surface area contributed by atoms with E-state index in [-0.39, 0.29) is 16.9 Å². The maximum Gasteiger partial charge on any atom is 0.257 e. The second-order valence-electron chi connectivity index (χ2n) is 4.36. The molecule has 5 heteroatoms. The van der Waals surface area contributed by atoms with Gasteiger partial charge < -0.3 is 10.3 Å². The van der Waals surface area contributed by atoms with E-state index in [2.05, 4.69) is 10.3 Å². The van der Waals surface area contributed by atoms with E-state index in [1.165, 1.54) is 17.5 Å². The number of aromatic nitrogens is 1. The van der Waals surface area contributed by atoms with Gasteiger partial charge in [0.1, 0.15) is 10.4 Å². The predicted molar refractivity (Wildman–Crippen MR) is 80.1 cm³/mol. The smallest absolute Gasteiger partial charge is 0.257 e. The number of amides is 1. The molecule has 4 nitrogen and oxygen atoms in total. The highest BCUT2D eigenvalue weighted by atomic mass is 32.1. The first-order valence-corrected chi connectivity index (χ1v) is 7.04. The average Bonchev–Trinajstić information content (AvgIpc) is 2.96.